The predicted octanol–water partition coefficient (Wildman–Crippen LogP) is 8.01. The Hall–Kier alpha value is -3.85. The summed E-state index contributed by atoms with van der Waals surface area (Å²) >= 11 is 13.3. The van der Waals surface area contributed by atoms with Crippen molar-refractivity contribution in [2.75, 3.05) is 10.8 Å². The first-order chi connectivity index (χ1) is 23.0. The van der Waals surface area contributed by atoms with Gasteiger partial charge >= 0.3 is 0 Å². The molecule has 2 amide bonds. The number of halogens is 2. The number of hydrogen-bond acceptors (Lipinski definition) is 4. The Morgan fingerprint density at radius 3 is 1.98 bits per heavy atom. The zero-order valence-electron chi connectivity index (χ0n) is 27.2. The second-order valence-corrected chi connectivity index (χ2v) is 15.2. The fourth-order valence-electron chi connectivity index (χ4n) is 6.05. The lowest BCUT2D eigenvalue weighted by atomic mass is 10.0. The van der Waals surface area contributed by atoms with Gasteiger partial charge in [0.2, 0.25) is 11.8 Å². The van der Waals surface area contributed by atoms with Gasteiger partial charge in [-0.3, -0.25) is 13.9 Å². The minimum atomic E-state index is -4.20. The van der Waals surface area contributed by atoms with E-state index in [1.807, 2.05) is 42.5 Å². The molecule has 1 aliphatic carbocycles. The van der Waals surface area contributed by atoms with Crippen LogP contribution in [-0.2, 0) is 32.6 Å². The van der Waals surface area contributed by atoms with Crippen molar-refractivity contribution in [3.8, 4) is 0 Å². The minimum Gasteiger partial charge on any atom is -0.352 e. The largest absolute Gasteiger partial charge is 0.352 e. The molecule has 1 saturated carbocycles. The van der Waals surface area contributed by atoms with Crippen molar-refractivity contribution >= 4 is 50.7 Å². The van der Waals surface area contributed by atoms with Crippen LogP contribution >= 0.6 is 23.2 Å². The molecule has 0 aliphatic heterocycles. The number of nitrogens with zero attached hydrogens (tertiary/aromatic N) is 2. The quantitative estimate of drug-likeness (QED) is 0.153. The van der Waals surface area contributed by atoms with Crippen LogP contribution in [0.5, 0.6) is 0 Å². The van der Waals surface area contributed by atoms with Crippen LogP contribution in [0.2, 0.25) is 10.0 Å². The van der Waals surface area contributed by atoms with Crippen LogP contribution in [0.4, 0.5) is 5.69 Å². The summed E-state index contributed by atoms with van der Waals surface area (Å²) in [5, 5.41) is 3.86. The van der Waals surface area contributed by atoms with Crippen molar-refractivity contribution < 1.29 is 18.0 Å². The first-order valence-corrected chi connectivity index (χ1v) is 18.5. The summed E-state index contributed by atoms with van der Waals surface area (Å²) in [6, 6.07) is 28.8. The van der Waals surface area contributed by atoms with Crippen LogP contribution in [0.1, 0.15) is 62.1 Å². The molecule has 0 aromatic heterocycles. The molecule has 1 fully saturated rings. The van der Waals surface area contributed by atoms with Crippen molar-refractivity contribution in [2.45, 2.75) is 75.4 Å². The molecule has 10 heteroatoms. The molecular weight excluding hydrogens is 665 g/mol. The topological polar surface area (TPSA) is 86.8 Å². The summed E-state index contributed by atoms with van der Waals surface area (Å²) in [7, 11) is -4.20. The van der Waals surface area contributed by atoms with Gasteiger partial charge in [0.15, 0.2) is 0 Å². The fraction of sp³-hybridized carbons (Fsp3) is 0.316. The van der Waals surface area contributed by atoms with Gasteiger partial charge in [-0.1, -0.05) is 117 Å². The van der Waals surface area contributed by atoms with Crippen LogP contribution < -0.4 is 9.62 Å². The van der Waals surface area contributed by atoms with Gasteiger partial charge in [0.25, 0.3) is 10.0 Å². The maximum absolute atomic E-state index is 14.7. The lowest BCUT2D eigenvalue weighted by Gasteiger charge is -2.34. The van der Waals surface area contributed by atoms with Crippen molar-refractivity contribution in [3.05, 3.63) is 130 Å². The number of benzene rings is 4. The van der Waals surface area contributed by atoms with Crippen molar-refractivity contribution in [2.24, 2.45) is 0 Å². The van der Waals surface area contributed by atoms with Gasteiger partial charge in [-0.15, -0.1) is 0 Å². The van der Waals surface area contributed by atoms with E-state index in [1.165, 1.54) is 17.0 Å². The van der Waals surface area contributed by atoms with Crippen LogP contribution in [0.25, 0.3) is 0 Å². The summed E-state index contributed by atoms with van der Waals surface area (Å²) in [6.07, 6.45) is 3.98. The Bertz CT molecular complexity index is 1780. The van der Waals surface area contributed by atoms with Crippen LogP contribution in [-0.4, -0.2) is 43.8 Å². The Morgan fingerprint density at radius 1 is 0.812 bits per heavy atom. The van der Waals surface area contributed by atoms with Crippen molar-refractivity contribution in [1.29, 1.82) is 0 Å². The van der Waals surface area contributed by atoms with Gasteiger partial charge in [-0.2, -0.15) is 0 Å². The highest BCUT2D eigenvalue weighted by molar-refractivity contribution is 7.92. The summed E-state index contributed by atoms with van der Waals surface area (Å²) in [6.45, 7) is 3.46. The van der Waals surface area contributed by atoms with E-state index in [-0.39, 0.29) is 35.7 Å². The molecule has 252 valence electrons. The Balaban J connectivity index is 1.59. The molecule has 0 spiro atoms. The van der Waals surface area contributed by atoms with Gasteiger partial charge in [0, 0.05) is 34.6 Å². The predicted molar refractivity (Wildman–Crippen MR) is 193 cm³/mol. The second-order valence-electron chi connectivity index (χ2n) is 12.5. The minimum absolute atomic E-state index is 0.00561. The number of nitrogens with one attached hydrogen (secondary N) is 1. The first kappa shape index (κ1) is 35.5. The zero-order valence-corrected chi connectivity index (χ0v) is 29.5. The SMILES string of the molecule is CC(C)c1ccc(N(CC(=O)N(Cc2c(Cl)cccc2Cl)[C@H](Cc2ccccc2)C(=O)NC2CCCC2)S(=O)(=O)c2ccccc2)cc1. The van der Waals surface area contributed by atoms with Crippen molar-refractivity contribution in [3.63, 3.8) is 0 Å². The molecule has 5 rings (SSSR count). The molecule has 0 saturated heterocycles. The third kappa shape index (κ3) is 8.59. The standard InChI is InChI=1S/C38H41Cl2N3O4S/c1-27(2)29-20-22-31(23-21-29)43(48(46,47)32-16-7-4-8-17-32)26-37(44)42(25-33-34(39)18-11-19-35(33)40)36(24-28-12-5-3-6-13-28)38(45)41-30-14-9-10-15-30/h3-8,11-13,16-23,27,30,36H,9-10,14-15,24-26H2,1-2H3,(H,41,45)/t36-/m1/s1. The number of rotatable bonds is 13. The average molecular weight is 707 g/mol. The second kappa shape index (κ2) is 16.0. The molecule has 1 N–H and O–H groups in total. The van der Waals surface area contributed by atoms with E-state index in [0.29, 0.717) is 21.3 Å². The molecule has 4 aromatic carbocycles. The van der Waals surface area contributed by atoms with E-state index < -0.39 is 28.5 Å². The van der Waals surface area contributed by atoms with E-state index in [0.717, 1.165) is 41.1 Å². The normalized spacial score (nSPS) is 14.1. The van der Waals surface area contributed by atoms with E-state index in [4.69, 9.17) is 23.2 Å². The monoisotopic (exact) mass is 705 g/mol. The Kier molecular flexibility index (Phi) is 11.8. The van der Waals surface area contributed by atoms with Crippen molar-refractivity contribution in [1.82, 2.24) is 10.2 Å². The van der Waals surface area contributed by atoms with E-state index >= 15 is 0 Å². The number of carbonyl (C=O) groups is 2. The first-order valence-electron chi connectivity index (χ1n) is 16.3. The third-order valence-electron chi connectivity index (χ3n) is 8.82. The van der Waals surface area contributed by atoms with Crippen LogP contribution in [0.3, 0.4) is 0 Å². The summed E-state index contributed by atoms with van der Waals surface area (Å²) < 4.78 is 29.6. The molecule has 1 aliphatic rings. The van der Waals surface area contributed by atoms with E-state index in [1.54, 1.807) is 48.5 Å². The molecule has 0 radical (unpaired) electrons. The van der Waals surface area contributed by atoms with Crippen LogP contribution in [0.15, 0.2) is 108 Å². The number of sulfonamides is 1. The van der Waals surface area contributed by atoms with Gasteiger partial charge in [0.1, 0.15) is 12.6 Å². The number of anilines is 1. The van der Waals surface area contributed by atoms with Gasteiger partial charge < -0.3 is 10.2 Å². The smallest absolute Gasteiger partial charge is 0.264 e. The molecule has 48 heavy (non-hydrogen) atoms. The highest BCUT2D eigenvalue weighted by Crippen LogP contribution is 2.30. The van der Waals surface area contributed by atoms with Crippen LogP contribution in [0, 0.1) is 0 Å². The number of amides is 2. The molecule has 0 bridgehead atoms. The highest BCUT2D eigenvalue weighted by atomic mass is 35.5. The molecule has 4 aromatic rings. The third-order valence-corrected chi connectivity index (χ3v) is 11.3. The maximum atomic E-state index is 14.7. The van der Waals surface area contributed by atoms with E-state index in [2.05, 4.69) is 19.2 Å². The van der Waals surface area contributed by atoms with Gasteiger partial charge in [-0.05, 0) is 66.3 Å². The Labute approximate surface area is 293 Å². The Morgan fingerprint density at radius 2 is 1.40 bits per heavy atom. The fourth-order valence-corrected chi connectivity index (χ4v) is 8.00. The molecular formula is C38H41Cl2N3O4S. The number of hydrogen-bond donors (Lipinski definition) is 1. The molecule has 0 unspecified atom stereocenters. The molecule has 1 atom stereocenters. The summed E-state index contributed by atoms with van der Waals surface area (Å²) in [4.78, 5) is 30.4. The summed E-state index contributed by atoms with van der Waals surface area (Å²) in [5.74, 6) is -0.644. The van der Waals surface area contributed by atoms with Gasteiger partial charge in [-0.25, -0.2) is 8.42 Å². The lowest BCUT2D eigenvalue weighted by molar-refractivity contribution is -0.140. The zero-order chi connectivity index (χ0) is 34.3. The molecule has 0 heterocycles. The highest BCUT2D eigenvalue weighted by Gasteiger charge is 2.36. The maximum Gasteiger partial charge on any atom is 0.264 e. The van der Waals surface area contributed by atoms with Gasteiger partial charge in [0.05, 0.1) is 10.6 Å². The summed E-state index contributed by atoms with van der Waals surface area (Å²) in [5.41, 5.74) is 2.69. The average Bonchev–Trinajstić information content (AvgIpc) is 3.60. The van der Waals surface area contributed by atoms with E-state index in [9.17, 15) is 18.0 Å². The lowest BCUT2D eigenvalue weighted by Crippen LogP contribution is -2.54. The number of carbonyl (C=O) groups excluding carboxylic acids is 2. The molecule has 7 nitrogen and oxygen atoms in total.